The maximum absolute atomic E-state index is 6.46. The summed E-state index contributed by atoms with van der Waals surface area (Å²) in [6.45, 7) is 3.98. The van der Waals surface area contributed by atoms with E-state index in [1.54, 1.807) is 0 Å². The number of piperidine rings is 1. The summed E-state index contributed by atoms with van der Waals surface area (Å²) in [5, 5.41) is 4.47. The Morgan fingerprint density at radius 2 is 1.96 bits per heavy atom. The van der Waals surface area contributed by atoms with Gasteiger partial charge in [0.1, 0.15) is 0 Å². The fourth-order valence-corrected chi connectivity index (χ4v) is 4.12. The van der Waals surface area contributed by atoms with E-state index in [1.165, 1.54) is 5.56 Å². The normalized spacial score (nSPS) is 23.2. The molecule has 0 bridgehead atoms. The number of nitrogens with two attached hydrogens (primary N) is 1. The monoisotopic (exact) mass is 394 g/mol. The highest BCUT2D eigenvalue weighted by atomic mass is 35.5. The van der Waals surface area contributed by atoms with Crippen molar-refractivity contribution in [1.82, 2.24) is 10.2 Å². The van der Waals surface area contributed by atoms with Crippen LogP contribution in [0.4, 0.5) is 0 Å². The average molecular weight is 395 g/mol. The SMILES string of the molecule is CCC1=CC2NC(/C=C/c3ccccc3)=C(N3CCC(N)CC3)N=C2C=C1Cl. The zero-order valence-electron chi connectivity index (χ0n) is 16.2. The first-order valence-electron chi connectivity index (χ1n) is 10.1. The molecule has 28 heavy (non-hydrogen) atoms. The van der Waals surface area contributed by atoms with Crippen molar-refractivity contribution in [3.63, 3.8) is 0 Å². The molecule has 4 rings (SSSR count). The Labute approximate surface area is 172 Å². The number of benzene rings is 1. The van der Waals surface area contributed by atoms with E-state index in [-0.39, 0.29) is 12.1 Å². The summed E-state index contributed by atoms with van der Waals surface area (Å²) in [7, 11) is 0. The van der Waals surface area contributed by atoms with Crippen LogP contribution in [0.25, 0.3) is 6.08 Å². The van der Waals surface area contributed by atoms with Crippen LogP contribution in [0.3, 0.4) is 0 Å². The lowest BCUT2D eigenvalue weighted by atomic mass is 9.97. The Hall–Kier alpha value is -2.30. The molecule has 3 N–H and O–H groups in total. The second kappa shape index (κ2) is 8.38. The molecule has 0 aromatic heterocycles. The number of hydrogen-bond acceptors (Lipinski definition) is 4. The number of aliphatic imine (C=N–C) groups is 1. The highest BCUT2D eigenvalue weighted by Crippen LogP contribution is 2.29. The number of allylic oxidation sites excluding steroid dienone is 3. The molecule has 1 fully saturated rings. The lowest BCUT2D eigenvalue weighted by Gasteiger charge is -2.36. The summed E-state index contributed by atoms with van der Waals surface area (Å²) in [5.41, 5.74) is 10.5. The first-order valence-corrected chi connectivity index (χ1v) is 10.4. The zero-order valence-corrected chi connectivity index (χ0v) is 17.0. The molecule has 1 aromatic rings. The number of hydrogen-bond donors (Lipinski definition) is 2. The van der Waals surface area contributed by atoms with E-state index in [1.807, 2.05) is 12.1 Å². The van der Waals surface area contributed by atoms with E-state index in [4.69, 9.17) is 22.3 Å². The van der Waals surface area contributed by atoms with E-state index < -0.39 is 0 Å². The van der Waals surface area contributed by atoms with Gasteiger partial charge in [0, 0.05) is 24.2 Å². The van der Waals surface area contributed by atoms with Gasteiger partial charge in [-0.15, -0.1) is 0 Å². The highest BCUT2D eigenvalue weighted by molar-refractivity contribution is 6.34. The minimum absolute atomic E-state index is 0.0590. The van der Waals surface area contributed by atoms with Crippen molar-refractivity contribution in [3.8, 4) is 0 Å². The maximum Gasteiger partial charge on any atom is 0.152 e. The lowest BCUT2D eigenvalue weighted by molar-refractivity contribution is 0.258. The third kappa shape index (κ3) is 4.08. The predicted octanol–water partition coefficient (Wildman–Crippen LogP) is 4.18. The van der Waals surface area contributed by atoms with E-state index >= 15 is 0 Å². The molecule has 5 heteroatoms. The summed E-state index contributed by atoms with van der Waals surface area (Å²) in [5.74, 6) is 0.986. The van der Waals surface area contributed by atoms with Gasteiger partial charge in [-0.05, 0) is 42.6 Å². The molecule has 1 aromatic carbocycles. The molecule has 4 nitrogen and oxygen atoms in total. The Morgan fingerprint density at radius 1 is 1.21 bits per heavy atom. The van der Waals surface area contributed by atoms with Crippen molar-refractivity contribution in [3.05, 3.63) is 76.2 Å². The van der Waals surface area contributed by atoms with E-state index in [0.717, 1.165) is 60.2 Å². The molecule has 1 unspecified atom stereocenters. The molecule has 0 spiro atoms. The number of likely N-dealkylation sites (tertiary alicyclic amines) is 1. The summed E-state index contributed by atoms with van der Waals surface area (Å²) in [4.78, 5) is 7.37. The average Bonchev–Trinajstić information content (AvgIpc) is 2.72. The lowest BCUT2D eigenvalue weighted by Crippen LogP contribution is -2.44. The molecule has 1 saturated heterocycles. The van der Waals surface area contributed by atoms with E-state index in [0.29, 0.717) is 0 Å². The van der Waals surface area contributed by atoms with Crippen molar-refractivity contribution < 1.29 is 0 Å². The largest absolute Gasteiger partial charge is 0.370 e. The van der Waals surface area contributed by atoms with E-state index in [2.05, 4.69) is 59.6 Å². The van der Waals surface area contributed by atoms with Gasteiger partial charge in [0.25, 0.3) is 0 Å². The Morgan fingerprint density at radius 3 is 2.68 bits per heavy atom. The fraction of sp³-hybridized carbons (Fsp3) is 0.348. The van der Waals surface area contributed by atoms with Crippen LogP contribution in [-0.2, 0) is 0 Å². The molecule has 146 valence electrons. The van der Waals surface area contributed by atoms with Gasteiger partial charge in [0.2, 0.25) is 0 Å². The van der Waals surface area contributed by atoms with Crippen LogP contribution in [0, 0.1) is 0 Å². The van der Waals surface area contributed by atoms with Crippen LogP contribution >= 0.6 is 11.6 Å². The number of nitrogens with one attached hydrogen (secondary N) is 1. The van der Waals surface area contributed by atoms with Crippen LogP contribution in [0.2, 0.25) is 0 Å². The smallest absolute Gasteiger partial charge is 0.152 e. The second-order valence-electron chi connectivity index (χ2n) is 7.50. The Kier molecular flexibility index (Phi) is 5.69. The maximum atomic E-state index is 6.46. The van der Waals surface area contributed by atoms with Gasteiger partial charge in [-0.25, -0.2) is 4.99 Å². The number of nitrogens with zero attached hydrogens (tertiary/aromatic N) is 2. The Balaban J connectivity index is 1.69. The summed E-state index contributed by atoms with van der Waals surface area (Å²) in [6.07, 6.45) is 11.4. The van der Waals surface area contributed by atoms with Crippen LogP contribution in [-0.4, -0.2) is 35.8 Å². The van der Waals surface area contributed by atoms with Gasteiger partial charge < -0.3 is 16.0 Å². The van der Waals surface area contributed by atoms with Gasteiger partial charge in [0.05, 0.1) is 17.5 Å². The predicted molar refractivity (Wildman–Crippen MR) is 118 cm³/mol. The molecular formula is C23H27ClN4. The summed E-state index contributed by atoms with van der Waals surface area (Å²) >= 11 is 6.46. The van der Waals surface area contributed by atoms with Crippen LogP contribution in [0.5, 0.6) is 0 Å². The van der Waals surface area contributed by atoms with E-state index in [9.17, 15) is 0 Å². The van der Waals surface area contributed by atoms with Crippen LogP contribution in [0.1, 0.15) is 31.7 Å². The standard InChI is InChI=1S/C23H27ClN4/c1-2-17-14-21-22(15-19(17)24)27-23(28-12-10-18(25)11-13-28)20(26-21)9-8-16-6-4-3-5-7-16/h3-9,14-15,18,21,26H,2,10-13,25H2,1H3/b9-8+. The molecule has 0 amide bonds. The molecule has 1 atom stereocenters. The van der Waals surface area contributed by atoms with Gasteiger partial charge in [0.15, 0.2) is 5.82 Å². The van der Waals surface area contributed by atoms with Crippen LogP contribution < -0.4 is 11.1 Å². The minimum Gasteiger partial charge on any atom is -0.370 e. The third-order valence-electron chi connectivity index (χ3n) is 5.52. The quantitative estimate of drug-likeness (QED) is 0.805. The first kappa shape index (κ1) is 19.0. The molecule has 2 heterocycles. The molecular weight excluding hydrogens is 368 g/mol. The first-order chi connectivity index (χ1) is 13.6. The van der Waals surface area contributed by atoms with Crippen LogP contribution in [0.15, 0.2) is 75.7 Å². The summed E-state index contributed by atoms with van der Waals surface area (Å²) < 4.78 is 0. The van der Waals surface area contributed by atoms with Crippen molar-refractivity contribution in [2.24, 2.45) is 10.7 Å². The molecule has 0 saturated carbocycles. The van der Waals surface area contributed by atoms with Crippen molar-refractivity contribution in [2.45, 2.75) is 38.3 Å². The van der Waals surface area contributed by atoms with Crippen molar-refractivity contribution in [2.75, 3.05) is 13.1 Å². The van der Waals surface area contributed by atoms with Gasteiger partial charge >= 0.3 is 0 Å². The van der Waals surface area contributed by atoms with Gasteiger partial charge in [-0.3, -0.25) is 0 Å². The number of rotatable bonds is 4. The fourth-order valence-electron chi connectivity index (χ4n) is 3.82. The molecule has 0 radical (unpaired) electrons. The zero-order chi connectivity index (χ0) is 19.5. The number of halogens is 1. The molecule has 1 aliphatic carbocycles. The topological polar surface area (TPSA) is 53.6 Å². The van der Waals surface area contributed by atoms with Crippen molar-refractivity contribution in [1.29, 1.82) is 0 Å². The second-order valence-corrected chi connectivity index (χ2v) is 7.91. The minimum atomic E-state index is 0.0590. The van der Waals surface area contributed by atoms with Gasteiger partial charge in [-0.1, -0.05) is 61.0 Å². The molecule has 3 aliphatic rings. The molecule has 2 aliphatic heterocycles. The third-order valence-corrected chi connectivity index (χ3v) is 5.87. The number of fused-ring (bicyclic) bond motifs is 1. The summed E-state index contributed by atoms with van der Waals surface area (Å²) in [6, 6.07) is 10.7. The Bertz CT molecular complexity index is 871. The van der Waals surface area contributed by atoms with Gasteiger partial charge in [-0.2, -0.15) is 0 Å². The highest BCUT2D eigenvalue weighted by Gasteiger charge is 2.28. The van der Waals surface area contributed by atoms with Crippen molar-refractivity contribution >= 4 is 23.4 Å².